The molecule has 2 aromatic heterocycles. The Labute approximate surface area is 91.2 Å². The van der Waals surface area contributed by atoms with Crippen LogP contribution in [0, 0.1) is 5.82 Å². The van der Waals surface area contributed by atoms with Crippen LogP contribution in [-0.4, -0.2) is 15.0 Å². The zero-order valence-corrected chi connectivity index (χ0v) is 8.70. The van der Waals surface area contributed by atoms with E-state index in [4.69, 9.17) is 0 Å². The molecule has 0 radical (unpaired) electrons. The molecule has 0 fully saturated rings. The highest BCUT2D eigenvalue weighted by atomic mass is 19.1. The molecule has 0 amide bonds. The van der Waals surface area contributed by atoms with E-state index in [9.17, 15) is 9.18 Å². The van der Waals surface area contributed by atoms with Crippen LogP contribution in [0.25, 0.3) is 11.3 Å². The Morgan fingerprint density at radius 1 is 1.50 bits per heavy atom. The maximum Gasteiger partial charge on any atom is 0.251 e. The van der Waals surface area contributed by atoms with Crippen molar-refractivity contribution < 1.29 is 4.39 Å². The van der Waals surface area contributed by atoms with Gasteiger partial charge in [0.2, 0.25) is 0 Å². The molecule has 1 N–H and O–H groups in total. The van der Waals surface area contributed by atoms with Gasteiger partial charge in [0.05, 0.1) is 11.9 Å². The minimum atomic E-state index is -0.484. The van der Waals surface area contributed by atoms with Gasteiger partial charge in [-0.1, -0.05) is 6.92 Å². The van der Waals surface area contributed by atoms with E-state index in [0.717, 1.165) is 6.20 Å². The van der Waals surface area contributed by atoms with Crippen molar-refractivity contribution in [2.24, 2.45) is 0 Å². The average Bonchev–Trinajstić information content (AvgIpc) is 2.28. The number of hydrogen-bond acceptors (Lipinski definition) is 3. The van der Waals surface area contributed by atoms with Crippen molar-refractivity contribution in [3.05, 3.63) is 46.5 Å². The Hall–Kier alpha value is -2.04. The van der Waals surface area contributed by atoms with Crippen molar-refractivity contribution in [2.45, 2.75) is 13.3 Å². The largest absolute Gasteiger partial charge is 0.311 e. The maximum absolute atomic E-state index is 13.4. The van der Waals surface area contributed by atoms with Gasteiger partial charge in [0.1, 0.15) is 5.82 Å². The van der Waals surface area contributed by atoms with Gasteiger partial charge in [-0.15, -0.1) is 0 Å². The summed E-state index contributed by atoms with van der Waals surface area (Å²) < 4.78 is 13.4. The van der Waals surface area contributed by atoms with E-state index in [2.05, 4.69) is 15.0 Å². The van der Waals surface area contributed by atoms with E-state index in [0.29, 0.717) is 17.9 Å². The summed E-state index contributed by atoms with van der Waals surface area (Å²) in [6.07, 6.45) is 3.16. The first-order chi connectivity index (χ1) is 7.70. The van der Waals surface area contributed by atoms with Gasteiger partial charge < -0.3 is 4.98 Å². The number of aryl methyl sites for hydroxylation is 1. The molecule has 4 nitrogen and oxygen atoms in total. The number of hydrogen-bond donors (Lipinski definition) is 1. The molecule has 0 bridgehead atoms. The molecule has 82 valence electrons. The number of nitrogens with zero attached hydrogens (tertiary/aromatic N) is 2. The summed E-state index contributed by atoms with van der Waals surface area (Å²) >= 11 is 0. The second-order valence-electron chi connectivity index (χ2n) is 3.29. The monoisotopic (exact) mass is 219 g/mol. The molecule has 0 spiro atoms. The van der Waals surface area contributed by atoms with Gasteiger partial charge in [-0.25, -0.2) is 9.37 Å². The quantitative estimate of drug-likeness (QED) is 0.833. The number of H-pyrrole nitrogens is 1. The standard InChI is InChI=1S/C11H10FN3O/c1-2-10-14-9(5-11(16)15-10)7-3-4-13-6-8(7)12/h3-6H,2H2,1H3,(H,14,15,16). The first-order valence-corrected chi connectivity index (χ1v) is 4.91. The fraction of sp³-hybridized carbons (Fsp3) is 0.182. The smallest absolute Gasteiger partial charge is 0.251 e. The molecule has 0 saturated carbocycles. The lowest BCUT2D eigenvalue weighted by Gasteiger charge is -2.03. The molecule has 16 heavy (non-hydrogen) atoms. The van der Waals surface area contributed by atoms with Crippen molar-refractivity contribution in [1.29, 1.82) is 0 Å². The lowest BCUT2D eigenvalue weighted by Crippen LogP contribution is -2.10. The third kappa shape index (κ3) is 1.98. The maximum atomic E-state index is 13.4. The highest BCUT2D eigenvalue weighted by Crippen LogP contribution is 2.17. The van der Waals surface area contributed by atoms with E-state index in [1.165, 1.54) is 18.3 Å². The van der Waals surface area contributed by atoms with E-state index in [1.54, 1.807) is 0 Å². The number of rotatable bonds is 2. The molecule has 0 aliphatic heterocycles. The number of aromatic amines is 1. The van der Waals surface area contributed by atoms with Gasteiger partial charge in [0.25, 0.3) is 5.56 Å². The van der Waals surface area contributed by atoms with Crippen LogP contribution in [0.3, 0.4) is 0 Å². The van der Waals surface area contributed by atoms with E-state index < -0.39 is 5.82 Å². The minimum absolute atomic E-state index is 0.280. The van der Waals surface area contributed by atoms with Crippen LogP contribution in [0.1, 0.15) is 12.7 Å². The Morgan fingerprint density at radius 2 is 2.31 bits per heavy atom. The lowest BCUT2D eigenvalue weighted by molar-refractivity contribution is 0.624. The van der Waals surface area contributed by atoms with E-state index >= 15 is 0 Å². The van der Waals surface area contributed by atoms with Gasteiger partial charge >= 0.3 is 0 Å². The molecule has 5 heteroatoms. The van der Waals surface area contributed by atoms with Gasteiger partial charge in [-0.3, -0.25) is 9.78 Å². The van der Waals surface area contributed by atoms with Crippen LogP contribution in [0.15, 0.2) is 29.3 Å². The van der Waals surface area contributed by atoms with Crippen LogP contribution in [0.2, 0.25) is 0 Å². The Bertz CT molecular complexity index is 565. The summed E-state index contributed by atoms with van der Waals surface area (Å²) in [6.45, 7) is 1.87. The normalized spacial score (nSPS) is 10.4. The van der Waals surface area contributed by atoms with E-state index in [-0.39, 0.29) is 11.1 Å². The molecular formula is C11H10FN3O. The zero-order chi connectivity index (χ0) is 11.5. The molecule has 0 saturated heterocycles. The fourth-order valence-corrected chi connectivity index (χ4v) is 1.40. The molecule has 0 unspecified atom stereocenters. The van der Waals surface area contributed by atoms with Gasteiger partial charge in [-0.05, 0) is 6.07 Å². The SMILES string of the molecule is CCc1nc(-c2ccncc2F)cc(=O)[nH]1. The van der Waals surface area contributed by atoms with E-state index in [1.807, 2.05) is 6.92 Å². The van der Waals surface area contributed by atoms with Crippen molar-refractivity contribution in [3.8, 4) is 11.3 Å². The van der Waals surface area contributed by atoms with Crippen molar-refractivity contribution in [1.82, 2.24) is 15.0 Å². The van der Waals surface area contributed by atoms with Crippen molar-refractivity contribution >= 4 is 0 Å². The first-order valence-electron chi connectivity index (χ1n) is 4.91. The van der Waals surface area contributed by atoms with Gasteiger partial charge in [0, 0.05) is 24.2 Å². The lowest BCUT2D eigenvalue weighted by atomic mass is 10.2. The summed E-state index contributed by atoms with van der Waals surface area (Å²) in [7, 11) is 0. The van der Waals surface area contributed by atoms with Gasteiger partial charge in [-0.2, -0.15) is 0 Å². The van der Waals surface area contributed by atoms with Crippen molar-refractivity contribution in [3.63, 3.8) is 0 Å². The Morgan fingerprint density at radius 3 is 3.00 bits per heavy atom. The fourth-order valence-electron chi connectivity index (χ4n) is 1.40. The molecule has 2 heterocycles. The van der Waals surface area contributed by atoms with Crippen LogP contribution in [0.4, 0.5) is 4.39 Å². The predicted octanol–water partition coefficient (Wildman–Crippen LogP) is 1.53. The number of nitrogens with one attached hydrogen (secondary N) is 1. The Balaban J connectivity index is 2.60. The predicted molar refractivity (Wildman–Crippen MR) is 57.4 cm³/mol. The highest BCUT2D eigenvalue weighted by Gasteiger charge is 2.07. The summed E-state index contributed by atoms with van der Waals surface area (Å²) in [5, 5.41) is 0. The van der Waals surface area contributed by atoms with Crippen LogP contribution >= 0.6 is 0 Å². The average molecular weight is 219 g/mol. The topological polar surface area (TPSA) is 58.6 Å². The minimum Gasteiger partial charge on any atom is -0.311 e. The van der Waals surface area contributed by atoms with Crippen molar-refractivity contribution in [2.75, 3.05) is 0 Å². The first kappa shape index (κ1) is 10.5. The third-order valence-corrected chi connectivity index (χ3v) is 2.17. The summed E-state index contributed by atoms with van der Waals surface area (Å²) in [5.74, 6) is 0.0568. The molecule has 0 aliphatic rings. The zero-order valence-electron chi connectivity index (χ0n) is 8.70. The van der Waals surface area contributed by atoms with Crippen LogP contribution in [-0.2, 0) is 6.42 Å². The number of halogens is 1. The highest BCUT2D eigenvalue weighted by molar-refractivity contribution is 5.58. The summed E-state index contributed by atoms with van der Waals surface area (Å²) in [4.78, 5) is 21.7. The molecule has 0 atom stereocenters. The molecule has 0 aliphatic carbocycles. The van der Waals surface area contributed by atoms with Crippen LogP contribution in [0.5, 0.6) is 0 Å². The second kappa shape index (κ2) is 4.22. The number of aromatic nitrogens is 3. The summed E-state index contributed by atoms with van der Waals surface area (Å²) in [5.41, 5.74) is 0.342. The molecule has 2 aromatic rings. The molecule has 2 rings (SSSR count). The molecule has 0 aromatic carbocycles. The number of pyridine rings is 1. The Kier molecular flexibility index (Phi) is 2.76. The molecular weight excluding hydrogens is 209 g/mol. The van der Waals surface area contributed by atoms with Gasteiger partial charge in [0.15, 0.2) is 5.82 Å². The third-order valence-electron chi connectivity index (χ3n) is 2.17. The van der Waals surface area contributed by atoms with Crippen LogP contribution < -0.4 is 5.56 Å². The second-order valence-corrected chi connectivity index (χ2v) is 3.29. The summed E-state index contributed by atoms with van der Waals surface area (Å²) in [6, 6.07) is 2.77.